The summed E-state index contributed by atoms with van der Waals surface area (Å²) in [6.07, 6.45) is 9.27. The zero-order valence-corrected chi connectivity index (χ0v) is 20.4. The first-order chi connectivity index (χ1) is 17.2. The predicted octanol–water partition coefficient (Wildman–Crippen LogP) is 5.43. The first kappa shape index (κ1) is 22.6. The van der Waals surface area contributed by atoms with E-state index in [1.807, 2.05) is 36.5 Å². The van der Waals surface area contributed by atoms with Crippen molar-refractivity contribution < 1.29 is 13.9 Å². The summed E-state index contributed by atoms with van der Waals surface area (Å²) in [6, 6.07) is 11.8. The number of hydrogen-bond acceptors (Lipinski definition) is 6. The second-order valence-electron chi connectivity index (χ2n) is 9.39. The fourth-order valence-corrected chi connectivity index (χ4v) is 5.19. The van der Waals surface area contributed by atoms with Gasteiger partial charge >= 0.3 is 0 Å². The van der Waals surface area contributed by atoms with Gasteiger partial charge in [0.05, 0.1) is 30.5 Å². The maximum atomic E-state index is 6.25. The van der Waals surface area contributed by atoms with E-state index in [9.17, 15) is 0 Å². The van der Waals surface area contributed by atoms with Crippen LogP contribution in [0.2, 0.25) is 5.02 Å². The average Bonchev–Trinajstić information content (AvgIpc) is 3.52. The molecule has 2 saturated heterocycles. The molecule has 0 bridgehead atoms. The van der Waals surface area contributed by atoms with Gasteiger partial charge in [0.1, 0.15) is 18.0 Å². The number of nitrogens with zero attached hydrogens (tertiary/aromatic N) is 4. The Hall–Kier alpha value is -2.87. The Balaban J connectivity index is 1.05. The van der Waals surface area contributed by atoms with Crippen LogP contribution >= 0.6 is 11.6 Å². The molecule has 182 valence electrons. The van der Waals surface area contributed by atoms with Crippen molar-refractivity contribution >= 4 is 22.6 Å². The molecule has 35 heavy (non-hydrogen) atoms. The maximum Gasteiger partial charge on any atom is 0.213 e. The van der Waals surface area contributed by atoms with E-state index in [1.54, 1.807) is 6.26 Å². The quantitative estimate of drug-likeness (QED) is 0.327. The SMILES string of the molecule is Clc1ccc(COc2cccc(C3CCN(Cc4nccn4C[C@@H]4CCO4)CC3)n2)c2occc12. The van der Waals surface area contributed by atoms with Gasteiger partial charge in [-0.25, -0.2) is 9.97 Å². The monoisotopic (exact) mass is 492 g/mol. The first-order valence-corrected chi connectivity index (χ1v) is 12.7. The third kappa shape index (κ3) is 4.94. The van der Waals surface area contributed by atoms with E-state index in [-0.39, 0.29) is 0 Å². The molecular formula is C27H29ClN4O3. The van der Waals surface area contributed by atoms with Gasteiger partial charge in [-0.15, -0.1) is 0 Å². The highest BCUT2D eigenvalue weighted by Crippen LogP contribution is 2.30. The molecule has 2 fully saturated rings. The van der Waals surface area contributed by atoms with Crippen LogP contribution in [0.25, 0.3) is 11.0 Å². The van der Waals surface area contributed by atoms with Crippen molar-refractivity contribution in [2.75, 3.05) is 19.7 Å². The summed E-state index contributed by atoms with van der Waals surface area (Å²) < 4.78 is 19.5. The first-order valence-electron chi connectivity index (χ1n) is 12.3. The van der Waals surface area contributed by atoms with Crippen molar-refractivity contribution in [2.24, 2.45) is 0 Å². The number of benzene rings is 1. The van der Waals surface area contributed by atoms with Gasteiger partial charge in [0.2, 0.25) is 5.88 Å². The molecule has 0 N–H and O–H groups in total. The number of pyridine rings is 1. The Morgan fingerprint density at radius 1 is 1.09 bits per heavy atom. The van der Waals surface area contributed by atoms with Crippen LogP contribution in [0.4, 0.5) is 0 Å². The van der Waals surface area contributed by atoms with Crippen molar-refractivity contribution in [2.45, 2.75) is 51.0 Å². The van der Waals surface area contributed by atoms with E-state index in [2.05, 4.69) is 26.7 Å². The highest BCUT2D eigenvalue weighted by molar-refractivity contribution is 6.35. The normalized spacial score (nSPS) is 19.2. The number of fused-ring (bicyclic) bond motifs is 1. The van der Waals surface area contributed by atoms with E-state index >= 15 is 0 Å². The Labute approximate surface area is 209 Å². The lowest BCUT2D eigenvalue weighted by molar-refractivity contribution is -0.0598. The molecule has 4 aromatic rings. The molecule has 0 saturated carbocycles. The fraction of sp³-hybridized carbons (Fsp3) is 0.407. The number of piperidine rings is 1. The Morgan fingerprint density at radius 2 is 1.97 bits per heavy atom. The van der Waals surface area contributed by atoms with E-state index in [1.165, 1.54) is 0 Å². The molecule has 7 nitrogen and oxygen atoms in total. The van der Waals surface area contributed by atoms with Crippen LogP contribution in [0.5, 0.6) is 5.88 Å². The molecule has 0 unspecified atom stereocenters. The number of halogens is 1. The van der Waals surface area contributed by atoms with Gasteiger partial charge in [0.15, 0.2) is 0 Å². The van der Waals surface area contributed by atoms with Gasteiger partial charge in [-0.2, -0.15) is 0 Å². The van der Waals surface area contributed by atoms with E-state index in [4.69, 9.17) is 30.5 Å². The van der Waals surface area contributed by atoms with Crippen LogP contribution < -0.4 is 4.74 Å². The summed E-state index contributed by atoms with van der Waals surface area (Å²) in [5, 5.41) is 1.58. The van der Waals surface area contributed by atoms with Gasteiger partial charge in [-0.05, 0) is 50.6 Å². The number of likely N-dealkylation sites (tertiary alicyclic amines) is 1. The Bertz CT molecular complexity index is 1290. The second kappa shape index (κ2) is 10.0. The van der Waals surface area contributed by atoms with E-state index in [0.29, 0.717) is 29.5 Å². The molecule has 6 rings (SSSR count). The number of imidazole rings is 1. The fourth-order valence-electron chi connectivity index (χ4n) is 4.98. The smallest absolute Gasteiger partial charge is 0.213 e. The average molecular weight is 493 g/mol. The van der Waals surface area contributed by atoms with Crippen LogP contribution in [0, 0.1) is 0 Å². The zero-order chi connectivity index (χ0) is 23.6. The zero-order valence-electron chi connectivity index (χ0n) is 19.6. The molecule has 3 aromatic heterocycles. The lowest BCUT2D eigenvalue weighted by Gasteiger charge is -2.32. The van der Waals surface area contributed by atoms with Crippen molar-refractivity contribution in [3.8, 4) is 5.88 Å². The van der Waals surface area contributed by atoms with Gasteiger partial charge in [0, 0.05) is 47.6 Å². The highest BCUT2D eigenvalue weighted by Gasteiger charge is 2.24. The molecule has 1 atom stereocenters. The van der Waals surface area contributed by atoms with Gasteiger partial charge < -0.3 is 18.5 Å². The van der Waals surface area contributed by atoms with Crippen molar-refractivity contribution in [3.05, 3.63) is 77.2 Å². The molecule has 2 aliphatic heterocycles. The van der Waals surface area contributed by atoms with Crippen LogP contribution in [0.3, 0.4) is 0 Å². The standard InChI is InChI=1S/C27H29ClN4O3/c28-23-5-4-20(27-22(23)9-15-34-27)18-35-26-3-1-2-24(30-26)19-6-11-31(12-7-19)17-25-29-10-13-32(25)16-21-8-14-33-21/h1-5,9-10,13,15,19,21H,6-8,11-12,14,16-18H2/t21-/m0/s1. The van der Waals surface area contributed by atoms with Gasteiger partial charge in [0.25, 0.3) is 0 Å². The van der Waals surface area contributed by atoms with E-state index in [0.717, 1.165) is 80.1 Å². The van der Waals surface area contributed by atoms with Crippen molar-refractivity contribution in [3.63, 3.8) is 0 Å². The van der Waals surface area contributed by atoms with Crippen LogP contribution in [-0.2, 0) is 24.4 Å². The molecule has 8 heteroatoms. The van der Waals surface area contributed by atoms with Crippen LogP contribution in [0.15, 0.2) is 59.5 Å². The summed E-state index contributed by atoms with van der Waals surface area (Å²) in [5.41, 5.74) is 2.82. The van der Waals surface area contributed by atoms with E-state index < -0.39 is 0 Å². The van der Waals surface area contributed by atoms with Crippen molar-refractivity contribution in [1.82, 2.24) is 19.4 Å². The molecule has 1 aromatic carbocycles. The van der Waals surface area contributed by atoms with Gasteiger partial charge in [-0.1, -0.05) is 23.7 Å². The second-order valence-corrected chi connectivity index (χ2v) is 9.79. The predicted molar refractivity (Wildman–Crippen MR) is 134 cm³/mol. The Morgan fingerprint density at radius 3 is 2.80 bits per heavy atom. The number of rotatable bonds is 8. The Kier molecular flexibility index (Phi) is 6.46. The third-order valence-electron chi connectivity index (χ3n) is 7.13. The van der Waals surface area contributed by atoms with Gasteiger partial charge in [-0.3, -0.25) is 4.90 Å². The number of hydrogen-bond donors (Lipinski definition) is 0. The van der Waals surface area contributed by atoms with Crippen LogP contribution in [-0.4, -0.2) is 45.2 Å². The lowest BCUT2D eigenvalue weighted by atomic mass is 9.93. The largest absolute Gasteiger partial charge is 0.473 e. The summed E-state index contributed by atoms with van der Waals surface area (Å²) in [7, 11) is 0. The van der Waals surface area contributed by atoms with Crippen LogP contribution in [0.1, 0.15) is 42.3 Å². The number of ether oxygens (including phenoxy) is 2. The molecular weight excluding hydrogens is 464 g/mol. The molecule has 0 amide bonds. The molecule has 0 radical (unpaired) electrons. The minimum absolute atomic E-state index is 0.346. The summed E-state index contributed by atoms with van der Waals surface area (Å²) in [6.45, 7) is 5.12. The molecule has 5 heterocycles. The summed E-state index contributed by atoms with van der Waals surface area (Å²) in [4.78, 5) is 11.9. The minimum Gasteiger partial charge on any atom is -0.473 e. The summed E-state index contributed by atoms with van der Waals surface area (Å²) in [5.74, 6) is 2.20. The van der Waals surface area contributed by atoms with Crippen molar-refractivity contribution in [1.29, 1.82) is 0 Å². The third-order valence-corrected chi connectivity index (χ3v) is 7.46. The highest BCUT2D eigenvalue weighted by atomic mass is 35.5. The summed E-state index contributed by atoms with van der Waals surface area (Å²) >= 11 is 6.25. The molecule has 0 spiro atoms. The maximum absolute atomic E-state index is 6.25. The lowest BCUT2D eigenvalue weighted by Crippen LogP contribution is -2.35. The number of furan rings is 1. The molecule has 2 aliphatic rings. The minimum atomic E-state index is 0.346. The topological polar surface area (TPSA) is 65.5 Å². The number of aromatic nitrogens is 3. The molecule has 0 aliphatic carbocycles.